The SMILES string of the molecule is CCc1cc(CC(=O)O)ccc1[N+](=O)[O-]. The summed E-state index contributed by atoms with van der Waals surface area (Å²) in [6.07, 6.45) is 0.411. The number of benzene rings is 1. The predicted molar refractivity (Wildman–Crippen MR) is 53.8 cm³/mol. The van der Waals surface area contributed by atoms with Crippen LogP contribution in [0, 0.1) is 10.1 Å². The second-order valence-electron chi connectivity index (χ2n) is 3.14. The molecule has 5 nitrogen and oxygen atoms in total. The molecular weight excluding hydrogens is 198 g/mol. The van der Waals surface area contributed by atoms with Crippen LogP contribution in [0.15, 0.2) is 18.2 Å². The van der Waals surface area contributed by atoms with Gasteiger partial charge in [0, 0.05) is 11.6 Å². The summed E-state index contributed by atoms with van der Waals surface area (Å²) in [7, 11) is 0. The zero-order valence-corrected chi connectivity index (χ0v) is 8.27. The highest BCUT2D eigenvalue weighted by Crippen LogP contribution is 2.20. The van der Waals surface area contributed by atoms with Crippen molar-refractivity contribution in [2.24, 2.45) is 0 Å². The maximum Gasteiger partial charge on any atom is 0.307 e. The van der Waals surface area contributed by atoms with Crippen molar-refractivity contribution < 1.29 is 14.8 Å². The average Bonchev–Trinajstić information content (AvgIpc) is 2.16. The Morgan fingerprint density at radius 1 is 1.53 bits per heavy atom. The van der Waals surface area contributed by atoms with Gasteiger partial charge in [-0.15, -0.1) is 0 Å². The Kier molecular flexibility index (Phi) is 3.38. The fourth-order valence-electron chi connectivity index (χ4n) is 1.38. The lowest BCUT2D eigenvalue weighted by molar-refractivity contribution is -0.385. The van der Waals surface area contributed by atoms with Crippen molar-refractivity contribution in [3.63, 3.8) is 0 Å². The van der Waals surface area contributed by atoms with Crippen LogP contribution in [0.2, 0.25) is 0 Å². The topological polar surface area (TPSA) is 80.4 Å². The number of nitro benzene ring substituents is 1. The molecule has 0 fully saturated rings. The molecule has 0 amide bonds. The lowest BCUT2D eigenvalue weighted by atomic mass is 10.0. The zero-order valence-electron chi connectivity index (χ0n) is 8.27. The normalized spacial score (nSPS) is 9.93. The van der Waals surface area contributed by atoms with E-state index < -0.39 is 10.9 Å². The molecule has 1 aromatic carbocycles. The van der Waals surface area contributed by atoms with Gasteiger partial charge in [-0.05, 0) is 18.1 Å². The van der Waals surface area contributed by atoms with Gasteiger partial charge < -0.3 is 5.11 Å². The van der Waals surface area contributed by atoms with Gasteiger partial charge in [-0.1, -0.05) is 13.0 Å². The standard InChI is InChI=1S/C10H11NO4/c1-2-8-5-7(6-10(12)13)3-4-9(8)11(14)15/h3-5H,2,6H2,1H3,(H,12,13). The minimum absolute atomic E-state index is 0.0478. The molecule has 0 heterocycles. The highest BCUT2D eigenvalue weighted by molar-refractivity contribution is 5.70. The molecule has 0 atom stereocenters. The molecule has 0 aliphatic heterocycles. The molecule has 0 radical (unpaired) electrons. The van der Waals surface area contributed by atoms with E-state index in [9.17, 15) is 14.9 Å². The Bertz CT molecular complexity index is 400. The van der Waals surface area contributed by atoms with Crippen molar-refractivity contribution in [2.45, 2.75) is 19.8 Å². The zero-order chi connectivity index (χ0) is 11.4. The number of hydrogen-bond acceptors (Lipinski definition) is 3. The van der Waals surface area contributed by atoms with E-state index in [1.807, 2.05) is 0 Å². The van der Waals surface area contributed by atoms with Gasteiger partial charge in [0.2, 0.25) is 0 Å². The van der Waals surface area contributed by atoms with E-state index >= 15 is 0 Å². The molecule has 80 valence electrons. The Balaban J connectivity index is 3.07. The highest BCUT2D eigenvalue weighted by Gasteiger charge is 2.13. The summed E-state index contributed by atoms with van der Waals surface area (Å²) in [5.74, 6) is -0.939. The molecular formula is C10H11NO4. The number of rotatable bonds is 4. The number of carbonyl (C=O) groups is 1. The van der Waals surface area contributed by atoms with Crippen LogP contribution in [0.3, 0.4) is 0 Å². The molecule has 15 heavy (non-hydrogen) atoms. The second kappa shape index (κ2) is 4.54. The van der Waals surface area contributed by atoms with E-state index in [4.69, 9.17) is 5.11 Å². The van der Waals surface area contributed by atoms with Crippen LogP contribution in [-0.2, 0) is 17.6 Å². The second-order valence-corrected chi connectivity index (χ2v) is 3.14. The smallest absolute Gasteiger partial charge is 0.307 e. The van der Waals surface area contributed by atoms with E-state index in [1.54, 1.807) is 13.0 Å². The van der Waals surface area contributed by atoms with Gasteiger partial charge >= 0.3 is 5.97 Å². The number of carboxylic acids is 1. The van der Waals surface area contributed by atoms with E-state index in [1.165, 1.54) is 12.1 Å². The van der Waals surface area contributed by atoms with Crippen LogP contribution in [0.25, 0.3) is 0 Å². The van der Waals surface area contributed by atoms with Gasteiger partial charge in [0.1, 0.15) is 0 Å². The first kappa shape index (κ1) is 11.2. The summed E-state index contributed by atoms with van der Waals surface area (Å²) in [5.41, 5.74) is 1.20. The van der Waals surface area contributed by atoms with E-state index in [0.717, 1.165) is 0 Å². The molecule has 0 saturated heterocycles. The van der Waals surface area contributed by atoms with Crippen LogP contribution >= 0.6 is 0 Å². The lowest BCUT2D eigenvalue weighted by Crippen LogP contribution is -2.02. The third kappa shape index (κ3) is 2.77. The monoisotopic (exact) mass is 209 g/mol. The van der Waals surface area contributed by atoms with Gasteiger partial charge in [0.25, 0.3) is 5.69 Å². The summed E-state index contributed by atoms with van der Waals surface area (Å²) in [6.45, 7) is 1.80. The first-order valence-electron chi connectivity index (χ1n) is 4.52. The Morgan fingerprint density at radius 3 is 2.67 bits per heavy atom. The first-order chi connectivity index (χ1) is 7.04. The number of aliphatic carboxylic acids is 1. The average molecular weight is 209 g/mol. The quantitative estimate of drug-likeness (QED) is 0.605. The lowest BCUT2D eigenvalue weighted by Gasteiger charge is -2.02. The van der Waals surface area contributed by atoms with E-state index in [0.29, 0.717) is 17.5 Å². The van der Waals surface area contributed by atoms with Crippen molar-refractivity contribution in [1.82, 2.24) is 0 Å². The van der Waals surface area contributed by atoms with Crippen LogP contribution in [0.5, 0.6) is 0 Å². The maximum atomic E-state index is 10.6. The number of nitrogens with zero attached hydrogens (tertiary/aromatic N) is 1. The fourth-order valence-corrected chi connectivity index (χ4v) is 1.38. The Labute approximate surface area is 86.5 Å². The molecule has 1 aromatic rings. The summed E-state index contributed by atoms with van der Waals surface area (Å²) in [5, 5.41) is 19.2. The van der Waals surface area contributed by atoms with Crippen molar-refractivity contribution in [3.8, 4) is 0 Å². The molecule has 0 aromatic heterocycles. The van der Waals surface area contributed by atoms with Crippen molar-refractivity contribution in [2.75, 3.05) is 0 Å². The van der Waals surface area contributed by atoms with Gasteiger partial charge in [0.05, 0.1) is 11.3 Å². The summed E-state index contributed by atoms with van der Waals surface area (Å²) in [6, 6.07) is 4.41. The number of hydrogen-bond donors (Lipinski definition) is 1. The van der Waals surface area contributed by atoms with Crippen molar-refractivity contribution >= 4 is 11.7 Å². The number of nitro groups is 1. The van der Waals surface area contributed by atoms with E-state index in [-0.39, 0.29) is 12.1 Å². The molecule has 5 heteroatoms. The summed E-state index contributed by atoms with van der Waals surface area (Å²) in [4.78, 5) is 20.6. The van der Waals surface area contributed by atoms with Gasteiger partial charge in [-0.25, -0.2) is 0 Å². The molecule has 1 rings (SSSR count). The van der Waals surface area contributed by atoms with Crippen LogP contribution < -0.4 is 0 Å². The van der Waals surface area contributed by atoms with Crippen LogP contribution in [0.1, 0.15) is 18.1 Å². The van der Waals surface area contributed by atoms with Crippen LogP contribution in [-0.4, -0.2) is 16.0 Å². The van der Waals surface area contributed by atoms with E-state index in [2.05, 4.69) is 0 Å². The first-order valence-corrected chi connectivity index (χ1v) is 4.52. The fraction of sp³-hybridized carbons (Fsp3) is 0.300. The summed E-state index contributed by atoms with van der Waals surface area (Å²) >= 11 is 0. The van der Waals surface area contributed by atoms with Crippen LogP contribution in [0.4, 0.5) is 5.69 Å². The molecule has 0 aliphatic carbocycles. The molecule has 1 N–H and O–H groups in total. The Morgan fingerprint density at radius 2 is 2.20 bits per heavy atom. The third-order valence-electron chi connectivity index (χ3n) is 2.08. The largest absolute Gasteiger partial charge is 0.481 e. The predicted octanol–water partition coefficient (Wildman–Crippen LogP) is 1.78. The van der Waals surface area contributed by atoms with Gasteiger partial charge in [0.15, 0.2) is 0 Å². The third-order valence-corrected chi connectivity index (χ3v) is 2.08. The maximum absolute atomic E-state index is 10.6. The molecule has 0 saturated carbocycles. The molecule has 0 bridgehead atoms. The Hall–Kier alpha value is -1.91. The van der Waals surface area contributed by atoms with Crippen molar-refractivity contribution in [1.29, 1.82) is 0 Å². The minimum atomic E-state index is -0.939. The minimum Gasteiger partial charge on any atom is -0.481 e. The van der Waals surface area contributed by atoms with Crippen molar-refractivity contribution in [3.05, 3.63) is 39.4 Å². The van der Waals surface area contributed by atoms with Gasteiger partial charge in [-0.3, -0.25) is 14.9 Å². The summed E-state index contributed by atoms with van der Waals surface area (Å²) < 4.78 is 0. The number of carboxylic acid groups (broad SMARTS) is 1. The molecule has 0 unspecified atom stereocenters. The molecule has 0 aliphatic rings. The van der Waals surface area contributed by atoms with Gasteiger partial charge in [-0.2, -0.15) is 0 Å². The molecule has 0 spiro atoms. The number of aryl methyl sites for hydroxylation is 1. The highest BCUT2D eigenvalue weighted by atomic mass is 16.6.